The van der Waals surface area contributed by atoms with E-state index in [0.717, 1.165) is 0 Å². The molecule has 0 aliphatic carbocycles. The number of hydrogen-bond acceptors (Lipinski definition) is 9. The first-order valence-corrected chi connectivity index (χ1v) is 11.3. The zero-order chi connectivity index (χ0) is 26.4. The summed E-state index contributed by atoms with van der Waals surface area (Å²) in [5.74, 6) is -7.83. The maximum absolute atomic E-state index is 12.7. The number of rotatable bonds is 17. The van der Waals surface area contributed by atoms with Gasteiger partial charge in [-0.2, -0.15) is 11.8 Å². The van der Waals surface area contributed by atoms with Gasteiger partial charge in [-0.15, -0.1) is 0 Å². The van der Waals surface area contributed by atoms with E-state index in [-0.39, 0.29) is 12.8 Å². The van der Waals surface area contributed by atoms with Crippen LogP contribution in [0.15, 0.2) is 0 Å². The Bertz CT molecular complexity index is 793. The van der Waals surface area contributed by atoms with Crippen LogP contribution < -0.4 is 27.4 Å². The third-order valence-corrected chi connectivity index (χ3v) is 4.93. The first-order chi connectivity index (χ1) is 15.8. The second-order valence-electron chi connectivity index (χ2n) is 7.11. The molecule has 0 saturated heterocycles. The molecule has 15 nitrogen and oxygen atoms in total. The molecule has 16 heteroatoms. The summed E-state index contributed by atoms with van der Waals surface area (Å²) in [4.78, 5) is 81.5. The van der Waals surface area contributed by atoms with Crippen LogP contribution in [0.3, 0.4) is 0 Å². The topological polar surface area (TPSA) is 268 Å². The molecule has 0 heterocycles. The van der Waals surface area contributed by atoms with Crippen molar-refractivity contribution in [1.29, 1.82) is 0 Å². The van der Waals surface area contributed by atoms with Gasteiger partial charge in [0.2, 0.25) is 23.6 Å². The average Bonchev–Trinajstić information content (AvgIpc) is 2.72. The largest absolute Gasteiger partial charge is 0.481 e. The number of carboxylic acid groups (broad SMARTS) is 3. The Labute approximate surface area is 198 Å². The van der Waals surface area contributed by atoms with Gasteiger partial charge in [0.15, 0.2) is 0 Å². The van der Waals surface area contributed by atoms with E-state index in [1.54, 1.807) is 6.26 Å². The molecule has 0 unspecified atom stereocenters. The standard InChI is InChI=1S/C18H29N5O10S/c1-34-5-4-9(16(30)23-11(18(32)33)7-14(27)28)21-17(31)10(6-12(20)24)22-15(29)8(19)2-3-13(25)26/h8-11H,2-7,19H2,1H3,(H2,20,24)(H,21,31)(H,22,29)(H,23,30)(H,25,26)(H,27,28)(H,32,33)/t8-,9-,10-,11-/m0/s1. The number of nitrogens with one attached hydrogen (secondary N) is 3. The van der Waals surface area contributed by atoms with Crippen molar-refractivity contribution in [3.63, 3.8) is 0 Å². The van der Waals surface area contributed by atoms with Gasteiger partial charge >= 0.3 is 17.9 Å². The highest BCUT2D eigenvalue weighted by Crippen LogP contribution is 2.05. The number of amides is 4. The molecule has 0 rings (SSSR count). The van der Waals surface area contributed by atoms with Gasteiger partial charge < -0.3 is 42.7 Å². The highest BCUT2D eigenvalue weighted by atomic mass is 32.2. The summed E-state index contributed by atoms with van der Waals surface area (Å²) in [5, 5.41) is 33.1. The number of thioether (sulfide) groups is 1. The molecule has 192 valence electrons. The first-order valence-electron chi connectivity index (χ1n) is 9.88. The van der Waals surface area contributed by atoms with Crippen molar-refractivity contribution < 1.29 is 48.9 Å². The number of hydrogen-bond donors (Lipinski definition) is 8. The van der Waals surface area contributed by atoms with Crippen LogP contribution in [0, 0.1) is 0 Å². The lowest BCUT2D eigenvalue weighted by atomic mass is 10.1. The molecule has 0 aliphatic rings. The Morgan fingerprint density at radius 3 is 1.76 bits per heavy atom. The second-order valence-corrected chi connectivity index (χ2v) is 8.10. The van der Waals surface area contributed by atoms with Crippen molar-refractivity contribution in [3.05, 3.63) is 0 Å². The summed E-state index contributed by atoms with van der Waals surface area (Å²) in [7, 11) is 0. The fourth-order valence-corrected chi connectivity index (χ4v) is 2.99. The van der Waals surface area contributed by atoms with Gasteiger partial charge in [0.1, 0.15) is 18.1 Å². The SMILES string of the molecule is CSCC[C@H](NC(=O)[C@H](CC(N)=O)NC(=O)[C@@H](N)CCC(=O)O)C(=O)N[C@@H](CC(=O)O)C(=O)O. The molecule has 0 saturated carbocycles. The maximum Gasteiger partial charge on any atom is 0.326 e. The highest BCUT2D eigenvalue weighted by molar-refractivity contribution is 7.98. The fourth-order valence-electron chi connectivity index (χ4n) is 2.52. The van der Waals surface area contributed by atoms with Gasteiger partial charge in [-0.3, -0.25) is 28.8 Å². The predicted molar refractivity (Wildman–Crippen MR) is 117 cm³/mol. The lowest BCUT2D eigenvalue weighted by Crippen LogP contribution is -2.58. The minimum absolute atomic E-state index is 0.00745. The van der Waals surface area contributed by atoms with Gasteiger partial charge in [-0.1, -0.05) is 0 Å². The van der Waals surface area contributed by atoms with Gasteiger partial charge in [0, 0.05) is 6.42 Å². The van der Waals surface area contributed by atoms with E-state index in [9.17, 15) is 33.6 Å². The summed E-state index contributed by atoms with van der Waals surface area (Å²) in [6.07, 6.45) is -0.524. The summed E-state index contributed by atoms with van der Waals surface area (Å²) >= 11 is 1.30. The van der Waals surface area contributed by atoms with Crippen LogP contribution in [0.25, 0.3) is 0 Å². The summed E-state index contributed by atoms with van der Waals surface area (Å²) in [6.45, 7) is 0. The molecule has 4 atom stereocenters. The van der Waals surface area contributed by atoms with Crippen molar-refractivity contribution in [2.24, 2.45) is 11.5 Å². The van der Waals surface area contributed by atoms with Crippen LogP contribution in [0.2, 0.25) is 0 Å². The molecule has 0 spiro atoms. The number of primary amides is 1. The van der Waals surface area contributed by atoms with Gasteiger partial charge in [0.05, 0.1) is 18.9 Å². The molecule has 34 heavy (non-hydrogen) atoms. The molecule has 10 N–H and O–H groups in total. The maximum atomic E-state index is 12.7. The number of aliphatic carboxylic acids is 3. The summed E-state index contributed by atoms with van der Waals surface area (Å²) in [5.41, 5.74) is 10.7. The van der Waals surface area contributed by atoms with Crippen molar-refractivity contribution in [3.8, 4) is 0 Å². The number of carbonyl (C=O) groups excluding carboxylic acids is 4. The van der Waals surface area contributed by atoms with Crippen LogP contribution in [0.5, 0.6) is 0 Å². The third-order valence-electron chi connectivity index (χ3n) is 4.28. The lowest BCUT2D eigenvalue weighted by Gasteiger charge is -2.24. The van der Waals surface area contributed by atoms with Crippen molar-refractivity contribution >= 4 is 53.3 Å². The zero-order valence-corrected chi connectivity index (χ0v) is 19.1. The third kappa shape index (κ3) is 12.6. The Kier molecular flexibility index (Phi) is 13.9. The smallest absolute Gasteiger partial charge is 0.326 e. The molecule has 0 aromatic heterocycles. The van der Waals surface area contributed by atoms with Crippen molar-refractivity contribution in [2.45, 2.75) is 56.3 Å². The molecular formula is C18H29N5O10S. The van der Waals surface area contributed by atoms with E-state index in [0.29, 0.717) is 5.75 Å². The van der Waals surface area contributed by atoms with Crippen LogP contribution in [0.4, 0.5) is 0 Å². The van der Waals surface area contributed by atoms with Gasteiger partial charge in [0.25, 0.3) is 0 Å². The number of carbonyl (C=O) groups is 7. The van der Waals surface area contributed by atoms with E-state index in [1.807, 2.05) is 5.32 Å². The predicted octanol–water partition coefficient (Wildman–Crippen LogP) is -3.18. The van der Waals surface area contributed by atoms with Gasteiger partial charge in [-0.05, 0) is 24.9 Å². The van der Waals surface area contributed by atoms with Crippen LogP contribution in [0.1, 0.15) is 32.1 Å². The van der Waals surface area contributed by atoms with E-state index < -0.39 is 85.0 Å². The molecular weight excluding hydrogens is 478 g/mol. The lowest BCUT2D eigenvalue weighted by molar-refractivity contribution is -0.147. The Morgan fingerprint density at radius 1 is 0.765 bits per heavy atom. The van der Waals surface area contributed by atoms with Crippen molar-refractivity contribution in [1.82, 2.24) is 16.0 Å². The normalized spacial score (nSPS) is 14.1. The van der Waals surface area contributed by atoms with Crippen molar-refractivity contribution in [2.75, 3.05) is 12.0 Å². The first kappa shape index (κ1) is 30.6. The molecule has 0 aliphatic heterocycles. The average molecular weight is 508 g/mol. The second kappa shape index (κ2) is 15.4. The van der Waals surface area contributed by atoms with E-state index in [2.05, 4.69) is 10.6 Å². The van der Waals surface area contributed by atoms with Crippen LogP contribution in [-0.4, -0.2) is 93.0 Å². The Hall–Kier alpha value is -3.40. The summed E-state index contributed by atoms with van der Waals surface area (Å²) in [6, 6.07) is -5.95. The highest BCUT2D eigenvalue weighted by Gasteiger charge is 2.31. The molecule has 4 amide bonds. The monoisotopic (exact) mass is 507 g/mol. The van der Waals surface area contributed by atoms with E-state index in [1.165, 1.54) is 11.8 Å². The molecule has 0 fully saturated rings. The van der Waals surface area contributed by atoms with E-state index >= 15 is 0 Å². The molecule has 0 radical (unpaired) electrons. The summed E-state index contributed by atoms with van der Waals surface area (Å²) < 4.78 is 0. The Balaban J connectivity index is 5.47. The number of nitrogens with two attached hydrogens (primary N) is 2. The van der Waals surface area contributed by atoms with Crippen LogP contribution in [-0.2, 0) is 33.6 Å². The number of carboxylic acids is 3. The molecule has 0 bridgehead atoms. The van der Waals surface area contributed by atoms with E-state index in [4.69, 9.17) is 26.8 Å². The minimum atomic E-state index is -1.76. The van der Waals surface area contributed by atoms with Gasteiger partial charge in [-0.25, -0.2) is 4.79 Å². The zero-order valence-electron chi connectivity index (χ0n) is 18.3. The quantitative estimate of drug-likeness (QED) is 0.0968. The Morgan fingerprint density at radius 2 is 1.29 bits per heavy atom. The van der Waals surface area contributed by atoms with Crippen LogP contribution >= 0.6 is 11.8 Å². The fraction of sp³-hybridized carbons (Fsp3) is 0.611. The molecule has 0 aromatic rings. The molecule has 0 aromatic carbocycles. The minimum Gasteiger partial charge on any atom is -0.481 e.